The van der Waals surface area contributed by atoms with Crippen molar-refractivity contribution < 1.29 is 57.1 Å². The van der Waals surface area contributed by atoms with Crippen molar-refractivity contribution in [3.63, 3.8) is 0 Å². The fourth-order valence-electron chi connectivity index (χ4n) is 1.28. The van der Waals surface area contributed by atoms with E-state index in [0.717, 1.165) is 21.8 Å². The molecule has 0 aliphatic heterocycles. The highest BCUT2D eigenvalue weighted by Crippen LogP contribution is 2.36. The lowest BCUT2D eigenvalue weighted by molar-refractivity contribution is -0.906. The number of quaternary nitrogens is 1. The summed E-state index contributed by atoms with van der Waals surface area (Å²) in [5.41, 5.74) is -12.4. The average molecular weight is 470 g/mol. The van der Waals surface area contributed by atoms with Gasteiger partial charge in [0.15, 0.2) is 20.0 Å². The summed E-state index contributed by atoms with van der Waals surface area (Å²) in [7, 11) is -9.48. The summed E-state index contributed by atoms with van der Waals surface area (Å²) in [4.78, 5) is 0. The van der Waals surface area contributed by atoms with E-state index in [1.807, 2.05) is 0 Å². The predicted molar refractivity (Wildman–Crippen MR) is 88.1 cm³/mol. The summed E-state index contributed by atoms with van der Waals surface area (Å²) in [6, 6.07) is 0. The Morgan fingerprint density at radius 1 is 0.821 bits per heavy atom. The third-order valence-corrected chi connectivity index (χ3v) is 6.26. The van der Waals surface area contributed by atoms with Gasteiger partial charge >= 0.3 is 11.0 Å². The molecule has 0 saturated heterocycles. The fraction of sp³-hybridized carbons (Fsp3) is 1.00. The predicted octanol–water partition coefficient (Wildman–Crippen LogP) is 2.20. The van der Waals surface area contributed by atoms with E-state index in [0.29, 0.717) is 13.2 Å². The van der Waals surface area contributed by atoms with Crippen LogP contribution in [0.15, 0.2) is 0 Å². The van der Waals surface area contributed by atoms with Crippen LogP contribution < -0.4 is 0 Å². The number of nitrogens with zero attached hydrogens (tertiary/aromatic N) is 2. The smallest absolute Gasteiger partial charge is 0.421 e. The molecule has 0 heterocycles. The number of ether oxygens (including phenoxy) is 2. The van der Waals surface area contributed by atoms with Crippen LogP contribution in [-0.2, 0) is 29.5 Å². The van der Waals surface area contributed by atoms with Gasteiger partial charge in [-0.05, 0) is 13.8 Å². The molecular weight excluding hydrogens is 446 g/mol. The van der Waals surface area contributed by atoms with Crippen molar-refractivity contribution in [3.8, 4) is 0 Å². The molecule has 0 aliphatic carbocycles. The molecule has 0 amide bonds. The molecule has 0 bridgehead atoms. The molecule has 0 unspecified atom stereocenters. The van der Waals surface area contributed by atoms with Crippen LogP contribution in [0.5, 0.6) is 0 Å². The quantitative estimate of drug-likeness (QED) is 0.276. The van der Waals surface area contributed by atoms with Gasteiger partial charge in [-0.2, -0.15) is 26.3 Å². The topological polar surface area (TPSA) is 101 Å². The van der Waals surface area contributed by atoms with Crippen LogP contribution in [0.25, 0.3) is 4.13 Å². The lowest BCUT2D eigenvalue weighted by atomic mass is 10.4. The van der Waals surface area contributed by atoms with Gasteiger partial charge in [0, 0.05) is 7.11 Å². The maximum Gasteiger partial charge on any atom is 0.480 e. The van der Waals surface area contributed by atoms with E-state index in [-0.39, 0.29) is 0 Å². The highest BCUT2D eigenvalue weighted by Gasteiger charge is 2.46. The lowest BCUT2D eigenvalue weighted by Crippen LogP contribution is -2.45. The Kier molecular flexibility index (Phi) is 12.1. The molecule has 0 fully saturated rings. The molecule has 28 heavy (non-hydrogen) atoms. The van der Waals surface area contributed by atoms with E-state index in [4.69, 9.17) is 9.47 Å². The Morgan fingerprint density at radius 2 is 1.21 bits per heavy atom. The maximum atomic E-state index is 11.4. The van der Waals surface area contributed by atoms with Crippen molar-refractivity contribution in [2.75, 3.05) is 53.6 Å². The fourth-order valence-corrected chi connectivity index (χ4v) is 2.99. The zero-order valence-corrected chi connectivity index (χ0v) is 17.3. The molecule has 0 aromatic rings. The second-order valence-corrected chi connectivity index (χ2v) is 8.92. The Hall–Kier alpha value is -0.680. The van der Waals surface area contributed by atoms with Gasteiger partial charge in [0.2, 0.25) is 0 Å². The van der Waals surface area contributed by atoms with Gasteiger partial charge in [-0.15, -0.1) is 0 Å². The SMILES string of the molecule is CC[N+](C)(CC)CCOCCOC.O=S(=O)([N-]S(=O)(=O)C(F)(F)F)C(F)(F)F. The molecule has 0 aromatic heterocycles. The zero-order chi connectivity index (χ0) is 22.9. The van der Waals surface area contributed by atoms with Gasteiger partial charge in [0.25, 0.3) is 0 Å². The minimum atomic E-state index is -6.72. The maximum absolute atomic E-state index is 11.4. The van der Waals surface area contributed by atoms with Crippen LogP contribution in [0.2, 0.25) is 0 Å². The first-order valence-corrected chi connectivity index (χ1v) is 10.5. The third-order valence-electron chi connectivity index (χ3n) is 3.52. The Balaban J connectivity index is 0. The van der Waals surface area contributed by atoms with Gasteiger partial charge in [-0.3, -0.25) is 0 Å². The van der Waals surface area contributed by atoms with E-state index in [1.54, 1.807) is 7.11 Å². The van der Waals surface area contributed by atoms with Crippen molar-refractivity contribution in [1.82, 2.24) is 0 Å². The first kappa shape index (κ1) is 29.5. The summed E-state index contributed by atoms with van der Waals surface area (Å²) in [6.07, 6.45) is 0. The zero-order valence-electron chi connectivity index (χ0n) is 15.7. The molecule has 16 heteroatoms. The minimum absolute atomic E-state index is 0.696. The molecule has 8 nitrogen and oxygen atoms in total. The van der Waals surface area contributed by atoms with Crippen LogP contribution in [-0.4, -0.2) is 85.9 Å². The summed E-state index contributed by atoms with van der Waals surface area (Å²) < 4.78 is 121. The summed E-state index contributed by atoms with van der Waals surface area (Å²) in [5, 5.41) is 0. The first-order valence-electron chi connectivity index (χ1n) is 7.66. The number of rotatable bonds is 10. The molecule has 0 rings (SSSR count). The van der Waals surface area contributed by atoms with Crippen molar-refractivity contribution >= 4 is 20.0 Å². The number of hydrogen-bond acceptors (Lipinski definition) is 6. The standard InChI is InChI=1S/C10H24NO2.C2F6NO4S2/c1-5-11(3,6-2)7-8-13-10-9-12-4;3-1(4,5)14(10,11)9-15(12,13)2(6,7)8/h5-10H2,1-4H3;/q+1;-1. The Bertz CT molecular complexity index is 602. The van der Waals surface area contributed by atoms with E-state index >= 15 is 0 Å². The van der Waals surface area contributed by atoms with E-state index < -0.39 is 31.1 Å². The number of sulfonamides is 2. The molecule has 0 spiro atoms. The summed E-state index contributed by atoms with van der Waals surface area (Å²) in [5.74, 6) is 0. The number of halogens is 6. The van der Waals surface area contributed by atoms with Crippen molar-refractivity contribution in [2.24, 2.45) is 0 Å². The van der Waals surface area contributed by atoms with E-state index in [1.165, 1.54) is 13.1 Å². The van der Waals surface area contributed by atoms with Crippen LogP contribution in [0.1, 0.15) is 13.8 Å². The molecule has 0 N–H and O–H groups in total. The monoisotopic (exact) mass is 470 g/mol. The van der Waals surface area contributed by atoms with Gasteiger partial charge in [0.1, 0.15) is 6.54 Å². The molecule has 0 saturated carbocycles. The van der Waals surface area contributed by atoms with Gasteiger partial charge < -0.3 is 18.1 Å². The number of methoxy groups -OCH3 is 1. The normalized spacial score (nSPS) is 13.8. The Labute approximate surface area is 160 Å². The van der Waals surface area contributed by atoms with Crippen LogP contribution >= 0.6 is 0 Å². The van der Waals surface area contributed by atoms with Crippen LogP contribution in [0, 0.1) is 0 Å². The van der Waals surface area contributed by atoms with Crippen molar-refractivity contribution in [3.05, 3.63) is 4.13 Å². The van der Waals surface area contributed by atoms with E-state index in [2.05, 4.69) is 20.9 Å². The molecule has 0 atom stereocenters. The van der Waals surface area contributed by atoms with Gasteiger partial charge in [-0.1, -0.05) is 0 Å². The summed E-state index contributed by atoms with van der Waals surface area (Å²) >= 11 is 0. The van der Waals surface area contributed by atoms with Crippen LogP contribution in [0.3, 0.4) is 0 Å². The molecule has 0 aromatic carbocycles. The van der Waals surface area contributed by atoms with Crippen LogP contribution in [0.4, 0.5) is 26.3 Å². The van der Waals surface area contributed by atoms with Gasteiger partial charge in [-0.25, -0.2) is 16.8 Å². The van der Waals surface area contributed by atoms with Crippen molar-refractivity contribution in [2.45, 2.75) is 24.9 Å². The average Bonchev–Trinajstić information content (AvgIpc) is 2.52. The summed E-state index contributed by atoms with van der Waals surface area (Å²) in [6.45, 7) is 10.1. The first-order chi connectivity index (χ1) is 12.4. The highest BCUT2D eigenvalue weighted by atomic mass is 32.3. The minimum Gasteiger partial charge on any atom is -0.421 e. The number of alkyl halides is 6. The van der Waals surface area contributed by atoms with E-state index in [9.17, 15) is 43.2 Å². The molecule has 0 aliphatic rings. The van der Waals surface area contributed by atoms with Gasteiger partial charge in [0.05, 0.1) is 40.0 Å². The highest BCUT2D eigenvalue weighted by molar-refractivity contribution is 8.13. The lowest BCUT2D eigenvalue weighted by Gasteiger charge is -2.31. The molecule has 0 radical (unpaired) electrons. The Morgan fingerprint density at radius 3 is 1.50 bits per heavy atom. The number of likely N-dealkylation sites (N-methyl/N-ethyl adjacent to an activating group) is 1. The largest absolute Gasteiger partial charge is 0.480 e. The van der Waals surface area contributed by atoms with Crippen molar-refractivity contribution in [1.29, 1.82) is 0 Å². The molecular formula is C12H24F6N2O6S2. The molecule has 172 valence electrons. The third kappa shape index (κ3) is 10.8. The second kappa shape index (κ2) is 11.5. The second-order valence-electron chi connectivity index (χ2n) is 5.50. The number of hydrogen-bond donors (Lipinski definition) is 0.